The fraction of sp³-hybridized carbons (Fsp3) is 0.217. The molecule has 1 aliphatic heterocycles. The Morgan fingerprint density at radius 1 is 1.10 bits per heavy atom. The van der Waals surface area contributed by atoms with E-state index in [2.05, 4.69) is 5.32 Å². The van der Waals surface area contributed by atoms with Crippen molar-refractivity contribution >= 4 is 34.5 Å². The lowest BCUT2D eigenvalue weighted by atomic mass is 10.1. The number of para-hydroxylation sites is 1. The molecular weight excluding hydrogens is 400 g/mol. The molecule has 1 aliphatic rings. The van der Waals surface area contributed by atoms with E-state index < -0.39 is 5.92 Å². The van der Waals surface area contributed by atoms with Gasteiger partial charge in [0.1, 0.15) is 11.5 Å². The molecule has 154 valence electrons. The van der Waals surface area contributed by atoms with Crippen molar-refractivity contribution < 1.29 is 19.1 Å². The van der Waals surface area contributed by atoms with Crippen molar-refractivity contribution in [1.82, 2.24) is 0 Å². The summed E-state index contributed by atoms with van der Waals surface area (Å²) in [6.07, 6.45) is 0.155. The quantitative estimate of drug-likeness (QED) is 0.638. The molecule has 30 heavy (non-hydrogen) atoms. The predicted octanol–water partition coefficient (Wildman–Crippen LogP) is 4.42. The molecule has 0 aliphatic carbocycles. The molecule has 2 amide bonds. The van der Waals surface area contributed by atoms with Crippen LogP contribution in [0, 0.1) is 5.92 Å². The average Bonchev–Trinajstić information content (AvgIpc) is 3.43. The number of anilines is 2. The highest BCUT2D eigenvalue weighted by Crippen LogP contribution is 2.37. The van der Waals surface area contributed by atoms with E-state index in [9.17, 15) is 9.59 Å². The van der Waals surface area contributed by atoms with Crippen LogP contribution < -0.4 is 19.7 Å². The third-order valence-corrected chi connectivity index (χ3v) is 6.05. The van der Waals surface area contributed by atoms with E-state index in [1.807, 2.05) is 41.8 Å². The fourth-order valence-corrected chi connectivity index (χ4v) is 4.36. The molecule has 0 saturated carbocycles. The van der Waals surface area contributed by atoms with E-state index in [4.69, 9.17) is 9.47 Å². The van der Waals surface area contributed by atoms with Crippen LogP contribution in [-0.4, -0.2) is 32.6 Å². The summed E-state index contributed by atoms with van der Waals surface area (Å²) in [7, 11) is 3.12. The van der Waals surface area contributed by atoms with Gasteiger partial charge in [0.15, 0.2) is 0 Å². The van der Waals surface area contributed by atoms with E-state index in [0.29, 0.717) is 23.7 Å². The van der Waals surface area contributed by atoms with E-state index >= 15 is 0 Å². The van der Waals surface area contributed by atoms with Crippen LogP contribution in [0.5, 0.6) is 11.5 Å². The molecular formula is C23H22N2O4S. The third kappa shape index (κ3) is 3.89. The van der Waals surface area contributed by atoms with Crippen molar-refractivity contribution in [1.29, 1.82) is 0 Å². The largest absolute Gasteiger partial charge is 0.497 e. The zero-order chi connectivity index (χ0) is 21.1. The van der Waals surface area contributed by atoms with Gasteiger partial charge in [-0.1, -0.05) is 24.3 Å². The number of ether oxygens (including phenoxy) is 2. The first kappa shape index (κ1) is 20.0. The molecule has 4 rings (SSSR count). The molecule has 1 saturated heterocycles. The minimum atomic E-state index is -0.444. The second-order valence-electron chi connectivity index (χ2n) is 6.96. The van der Waals surface area contributed by atoms with E-state index in [0.717, 1.165) is 16.1 Å². The topological polar surface area (TPSA) is 67.9 Å². The smallest absolute Gasteiger partial charge is 0.229 e. The van der Waals surface area contributed by atoms with Crippen LogP contribution in [0.25, 0.3) is 10.4 Å². The van der Waals surface area contributed by atoms with Gasteiger partial charge in [-0.25, -0.2) is 0 Å². The fourth-order valence-electron chi connectivity index (χ4n) is 3.60. The summed E-state index contributed by atoms with van der Waals surface area (Å²) in [6, 6.07) is 17.0. The summed E-state index contributed by atoms with van der Waals surface area (Å²) >= 11 is 1.62. The van der Waals surface area contributed by atoms with Crippen LogP contribution in [0.4, 0.5) is 11.4 Å². The maximum atomic E-state index is 13.0. The summed E-state index contributed by atoms with van der Waals surface area (Å²) < 4.78 is 10.6. The number of rotatable bonds is 6. The Labute approximate surface area is 179 Å². The zero-order valence-corrected chi connectivity index (χ0v) is 17.6. The SMILES string of the molecule is COc1ccc(N2CC(C(=O)Nc3ccccc3-c3cccs3)CC2=O)c(OC)c1. The van der Waals surface area contributed by atoms with Crippen LogP contribution in [0.1, 0.15) is 6.42 Å². The van der Waals surface area contributed by atoms with Crippen LogP contribution >= 0.6 is 11.3 Å². The normalized spacial score (nSPS) is 15.9. The monoisotopic (exact) mass is 422 g/mol. The molecule has 1 fully saturated rings. The Morgan fingerprint density at radius 2 is 1.93 bits per heavy atom. The molecule has 6 nitrogen and oxygen atoms in total. The molecule has 0 bridgehead atoms. The van der Waals surface area contributed by atoms with Crippen LogP contribution in [0.2, 0.25) is 0 Å². The first-order chi connectivity index (χ1) is 14.6. The van der Waals surface area contributed by atoms with Gasteiger partial charge in [-0.05, 0) is 29.6 Å². The molecule has 1 aromatic heterocycles. The Kier molecular flexibility index (Phi) is 5.72. The van der Waals surface area contributed by atoms with Crippen molar-refractivity contribution in [2.75, 3.05) is 31.0 Å². The molecule has 0 radical (unpaired) electrons. The van der Waals surface area contributed by atoms with Gasteiger partial charge in [0.25, 0.3) is 0 Å². The Balaban J connectivity index is 1.52. The predicted molar refractivity (Wildman–Crippen MR) is 118 cm³/mol. The third-order valence-electron chi connectivity index (χ3n) is 5.15. The van der Waals surface area contributed by atoms with Gasteiger partial charge in [-0.15, -0.1) is 11.3 Å². The number of methoxy groups -OCH3 is 2. The van der Waals surface area contributed by atoms with Crippen LogP contribution in [0.3, 0.4) is 0 Å². The lowest BCUT2D eigenvalue weighted by molar-refractivity contribution is -0.122. The second kappa shape index (κ2) is 8.59. The summed E-state index contributed by atoms with van der Waals surface area (Å²) in [5, 5.41) is 5.02. The van der Waals surface area contributed by atoms with Crippen molar-refractivity contribution in [3.8, 4) is 21.9 Å². The minimum Gasteiger partial charge on any atom is -0.497 e. The number of thiophene rings is 1. The number of amides is 2. The molecule has 2 heterocycles. The van der Waals surface area contributed by atoms with Crippen LogP contribution in [-0.2, 0) is 9.59 Å². The summed E-state index contributed by atoms with van der Waals surface area (Å²) in [4.78, 5) is 28.3. The Bertz CT molecular complexity index is 1060. The number of hydrogen-bond donors (Lipinski definition) is 1. The summed E-state index contributed by atoms with van der Waals surface area (Å²) in [6.45, 7) is 0.300. The van der Waals surface area contributed by atoms with Gasteiger partial charge in [-0.2, -0.15) is 0 Å². The lowest BCUT2D eigenvalue weighted by Crippen LogP contribution is -2.28. The summed E-state index contributed by atoms with van der Waals surface area (Å²) in [5.74, 6) is 0.460. The van der Waals surface area contributed by atoms with Crippen molar-refractivity contribution in [2.45, 2.75) is 6.42 Å². The molecule has 7 heteroatoms. The van der Waals surface area contributed by atoms with E-state index in [1.54, 1.807) is 48.7 Å². The number of nitrogens with one attached hydrogen (secondary N) is 1. The number of carbonyl (C=O) groups is 2. The number of hydrogen-bond acceptors (Lipinski definition) is 5. The maximum Gasteiger partial charge on any atom is 0.229 e. The number of benzene rings is 2. The molecule has 1 unspecified atom stereocenters. The van der Waals surface area contributed by atoms with Gasteiger partial charge in [0.05, 0.1) is 25.8 Å². The Hall–Kier alpha value is -3.32. The van der Waals surface area contributed by atoms with Gasteiger partial charge in [0.2, 0.25) is 11.8 Å². The highest BCUT2D eigenvalue weighted by Gasteiger charge is 2.36. The molecule has 1 atom stereocenters. The van der Waals surface area contributed by atoms with Crippen molar-refractivity contribution in [3.63, 3.8) is 0 Å². The highest BCUT2D eigenvalue weighted by atomic mass is 32.1. The number of carbonyl (C=O) groups excluding carboxylic acids is 2. The van der Waals surface area contributed by atoms with Gasteiger partial charge >= 0.3 is 0 Å². The first-order valence-electron chi connectivity index (χ1n) is 9.57. The molecule has 1 N–H and O–H groups in total. The maximum absolute atomic E-state index is 13.0. The van der Waals surface area contributed by atoms with E-state index in [1.165, 1.54) is 0 Å². The standard InChI is InChI=1S/C23H22N2O4S/c1-28-16-9-10-19(20(13-16)29-2)25-14-15(12-22(25)26)23(27)24-18-7-4-3-6-17(18)21-8-5-11-30-21/h3-11,13,15H,12,14H2,1-2H3,(H,24,27). The number of nitrogens with zero attached hydrogens (tertiary/aromatic N) is 1. The molecule has 2 aromatic carbocycles. The van der Waals surface area contributed by atoms with Crippen LogP contribution in [0.15, 0.2) is 60.0 Å². The zero-order valence-electron chi connectivity index (χ0n) is 16.8. The van der Waals surface area contributed by atoms with Gasteiger partial charge in [0, 0.05) is 35.2 Å². The van der Waals surface area contributed by atoms with Crippen molar-refractivity contribution in [3.05, 3.63) is 60.0 Å². The highest BCUT2D eigenvalue weighted by molar-refractivity contribution is 7.13. The summed E-state index contributed by atoms with van der Waals surface area (Å²) in [5.41, 5.74) is 2.36. The van der Waals surface area contributed by atoms with Crippen molar-refractivity contribution in [2.24, 2.45) is 5.92 Å². The molecule has 0 spiro atoms. The minimum absolute atomic E-state index is 0.106. The van der Waals surface area contributed by atoms with E-state index in [-0.39, 0.29) is 18.2 Å². The second-order valence-corrected chi connectivity index (χ2v) is 7.90. The Morgan fingerprint density at radius 3 is 2.67 bits per heavy atom. The van der Waals surface area contributed by atoms with Gasteiger partial charge < -0.3 is 19.7 Å². The first-order valence-corrected chi connectivity index (χ1v) is 10.4. The van der Waals surface area contributed by atoms with Gasteiger partial charge in [-0.3, -0.25) is 9.59 Å². The lowest BCUT2D eigenvalue weighted by Gasteiger charge is -2.20. The average molecular weight is 423 g/mol. The molecule has 3 aromatic rings.